The molecule has 0 saturated carbocycles. The molecular formula is C14H21BrO4. The molecular weight excluding hydrogens is 312 g/mol. The topological polar surface area (TPSA) is 36.9 Å². The van der Waals surface area contributed by atoms with E-state index in [-0.39, 0.29) is 0 Å². The zero-order valence-corrected chi connectivity index (χ0v) is 13.1. The van der Waals surface area contributed by atoms with Crippen molar-refractivity contribution in [2.24, 2.45) is 0 Å². The molecule has 0 aliphatic carbocycles. The molecule has 0 bridgehead atoms. The lowest BCUT2D eigenvalue weighted by molar-refractivity contribution is 0.0804. The molecule has 19 heavy (non-hydrogen) atoms. The van der Waals surface area contributed by atoms with Gasteiger partial charge in [-0.3, -0.25) is 0 Å². The van der Waals surface area contributed by atoms with Crippen LogP contribution in [0.25, 0.3) is 0 Å². The van der Waals surface area contributed by atoms with E-state index in [0.29, 0.717) is 19.8 Å². The fourth-order valence-corrected chi connectivity index (χ4v) is 1.99. The van der Waals surface area contributed by atoms with Gasteiger partial charge in [0.25, 0.3) is 0 Å². The summed E-state index contributed by atoms with van der Waals surface area (Å²) in [6, 6.07) is 5.80. The first kappa shape index (κ1) is 16.3. The molecule has 1 aromatic carbocycles. The maximum absolute atomic E-state index is 5.71. The lowest BCUT2D eigenvalue weighted by atomic mass is 10.2. The monoisotopic (exact) mass is 332 g/mol. The molecule has 0 radical (unpaired) electrons. The zero-order chi connectivity index (χ0) is 13.9. The fourth-order valence-electron chi connectivity index (χ4n) is 1.52. The van der Waals surface area contributed by atoms with Crippen molar-refractivity contribution in [3.8, 4) is 11.5 Å². The minimum absolute atomic E-state index is 0.528. The van der Waals surface area contributed by atoms with E-state index in [4.69, 9.17) is 18.9 Å². The molecule has 1 rings (SSSR count). The van der Waals surface area contributed by atoms with Crippen molar-refractivity contribution in [3.63, 3.8) is 0 Å². The molecule has 5 heteroatoms. The SMILES string of the molecule is COCCCOCCOc1cc(OC)ccc1CBr. The summed E-state index contributed by atoms with van der Waals surface area (Å²) in [4.78, 5) is 0. The highest BCUT2D eigenvalue weighted by Gasteiger charge is 2.04. The third-order valence-corrected chi connectivity index (χ3v) is 3.14. The smallest absolute Gasteiger partial charge is 0.127 e. The van der Waals surface area contributed by atoms with Crippen LogP contribution in [0.5, 0.6) is 11.5 Å². The van der Waals surface area contributed by atoms with Crippen LogP contribution >= 0.6 is 15.9 Å². The maximum atomic E-state index is 5.71. The van der Waals surface area contributed by atoms with Crippen LogP contribution in [0, 0.1) is 0 Å². The zero-order valence-electron chi connectivity index (χ0n) is 11.5. The average molecular weight is 333 g/mol. The first-order chi connectivity index (χ1) is 9.31. The summed E-state index contributed by atoms with van der Waals surface area (Å²) in [6.45, 7) is 2.52. The molecule has 0 heterocycles. The quantitative estimate of drug-likeness (QED) is 0.487. The number of rotatable bonds is 10. The Balaban J connectivity index is 2.31. The van der Waals surface area contributed by atoms with E-state index in [1.807, 2.05) is 18.2 Å². The Bertz CT molecular complexity index is 357. The molecule has 0 aromatic heterocycles. The van der Waals surface area contributed by atoms with Gasteiger partial charge in [-0.05, 0) is 12.5 Å². The van der Waals surface area contributed by atoms with Gasteiger partial charge in [-0.2, -0.15) is 0 Å². The van der Waals surface area contributed by atoms with Gasteiger partial charge in [0.15, 0.2) is 0 Å². The van der Waals surface area contributed by atoms with Gasteiger partial charge in [0.1, 0.15) is 18.1 Å². The van der Waals surface area contributed by atoms with Crippen molar-refractivity contribution in [1.29, 1.82) is 0 Å². The van der Waals surface area contributed by atoms with Crippen LogP contribution in [0.1, 0.15) is 12.0 Å². The van der Waals surface area contributed by atoms with Crippen LogP contribution in [0.3, 0.4) is 0 Å². The Morgan fingerprint density at radius 2 is 1.89 bits per heavy atom. The molecule has 4 nitrogen and oxygen atoms in total. The van der Waals surface area contributed by atoms with E-state index in [2.05, 4.69) is 15.9 Å². The normalized spacial score (nSPS) is 10.5. The Morgan fingerprint density at radius 3 is 2.58 bits per heavy atom. The molecule has 0 spiro atoms. The summed E-state index contributed by atoms with van der Waals surface area (Å²) in [7, 11) is 3.33. The second kappa shape index (κ2) is 10.1. The van der Waals surface area contributed by atoms with Crippen molar-refractivity contribution in [2.75, 3.05) is 40.6 Å². The van der Waals surface area contributed by atoms with Crippen molar-refractivity contribution < 1.29 is 18.9 Å². The number of methoxy groups -OCH3 is 2. The van der Waals surface area contributed by atoms with Gasteiger partial charge in [-0.15, -0.1) is 0 Å². The molecule has 0 saturated heterocycles. The van der Waals surface area contributed by atoms with E-state index in [0.717, 1.165) is 35.4 Å². The van der Waals surface area contributed by atoms with Gasteiger partial charge in [0.05, 0.1) is 13.7 Å². The number of alkyl halides is 1. The minimum Gasteiger partial charge on any atom is -0.497 e. The third kappa shape index (κ3) is 6.27. The highest BCUT2D eigenvalue weighted by Crippen LogP contribution is 2.26. The highest BCUT2D eigenvalue weighted by molar-refractivity contribution is 9.08. The van der Waals surface area contributed by atoms with Crippen molar-refractivity contribution in [2.45, 2.75) is 11.8 Å². The Kier molecular flexibility index (Phi) is 8.62. The lowest BCUT2D eigenvalue weighted by Crippen LogP contribution is -2.09. The molecule has 108 valence electrons. The third-order valence-electron chi connectivity index (χ3n) is 2.54. The van der Waals surface area contributed by atoms with Crippen LogP contribution in [0.2, 0.25) is 0 Å². The number of benzene rings is 1. The first-order valence-electron chi connectivity index (χ1n) is 6.24. The van der Waals surface area contributed by atoms with Gasteiger partial charge >= 0.3 is 0 Å². The summed E-state index contributed by atoms with van der Waals surface area (Å²) in [6.07, 6.45) is 0.905. The number of hydrogen-bond donors (Lipinski definition) is 0. The molecule has 0 amide bonds. The maximum Gasteiger partial charge on any atom is 0.127 e. The van der Waals surface area contributed by atoms with Gasteiger partial charge in [0, 0.05) is 37.3 Å². The summed E-state index contributed by atoms with van der Waals surface area (Å²) in [5.41, 5.74) is 1.10. The average Bonchev–Trinajstić information content (AvgIpc) is 2.46. The van der Waals surface area contributed by atoms with E-state index in [1.165, 1.54) is 0 Å². The highest BCUT2D eigenvalue weighted by atomic mass is 79.9. The summed E-state index contributed by atoms with van der Waals surface area (Å²) < 4.78 is 21.3. The lowest BCUT2D eigenvalue weighted by Gasteiger charge is -2.12. The second-order valence-electron chi connectivity index (χ2n) is 3.91. The van der Waals surface area contributed by atoms with Crippen LogP contribution in [-0.2, 0) is 14.8 Å². The Morgan fingerprint density at radius 1 is 1.05 bits per heavy atom. The molecule has 1 aromatic rings. The Hall–Kier alpha value is -0.780. The number of hydrogen-bond acceptors (Lipinski definition) is 4. The van der Waals surface area contributed by atoms with Crippen molar-refractivity contribution >= 4 is 15.9 Å². The molecule has 0 unspecified atom stereocenters. The largest absolute Gasteiger partial charge is 0.497 e. The van der Waals surface area contributed by atoms with Crippen molar-refractivity contribution in [3.05, 3.63) is 23.8 Å². The fraction of sp³-hybridized carbons (Fsp3) is 0.571. The summed E-state index contributed by atoms with van der Waals surface area (Å²) in [5.74, 6) is 1.62. The standard InChI is InChI=1S/C14H21BrO4/c1-16-6-3-7-18-8-9-19-14-10-13(17-2)5-4-12(14)11-15/h4-5,10H,3,6-9,11H2,1-2H3. The second-order valence-corrected chi connectivity index (χ2v) is 4.48. The molecule has 0 fully saturated rings. The van der Waals surface area contributed by atoms with Gasteiger partial charge in [-0.25, -0.2) is 0 Å². The van der Waals surface area contributed by atoms with Crippen LogP contribution in [0.15, 0.2) is 18.2 Å². The number of ether oxygens (including phenoxy) is 4. The predicted molar refractivity (Wildman–Crippen MR) is 78.4 cm³/mol. The van der Waals surface area contributed by atoms with Crippen LogP contribution < -0.4 is 9.47 Å². The minimum atomic E-state index is 0.528. The van der Waals surface area contributed by atoms with Crippen LogP contribution in [0.4, 0.5) is 0 Å². The van der Waals surface area contributed by atoms with E-state index in [9.17, 15) is 0 Å². The van der Waals surface area contributed by atoms with Gasteiger partial charge in [0.2, 0.25) is 0 Å². The molecule has 0 aliphatic rings. The summed E-state index contributed by atoms with van der Waals surface area (Å²) >= 11 is 3.44. The van der Waals surface area contributed by atoms with E-state index < -0.39 is 0 Å². The van der Waals surface area contributed by atoms with E-state index >= 15 is 0 Å². The predicted octanol–water partition coefficient (Wildman–Crippen LogP) is 3.02. The van der Waals surface area contributed by atoms with Crippen molar-refractivity contribution in [1.82, 2.24) is 0 Å². The molecule has 0 atom stereocenters. The van der Waals surface area contributed by atoms with Crippen LogP contribution in [-0.4, -0.2) is 40.6 Å². The van der Waals surface area contributed by atoms with Gasteiger partial charge in [-0.1, -0.05) is 22.0 Å². The first-order valence-corrected chi connectivity index (χ1v) is 7.36. The number of halogens is 1. The van der Waals surface area contributed by atoms with E-state index in [1.54, 1.807) is 14.2 Å². The Labute approximate surface area is 123 Å². The molecule has 0 aliphatic heterocycles. The molecule has 0 N–H and O–H groups in total. The summed E-state index contributed by atoms with van der Waals surface area (Å²) in [5, 5.41) is 0.751. The van der Waals surface area contributed by atoms with Gasteiger partial charge < -0.3 is 18.9 Å².